The third-order valence-electron chi connectivity index (χ3n) is 12.1. The number of carbonyl (C=O) groups is 2. The van der Waals surface area contributed by atoms with E-state index in [2.05, 4.69) is 110 Å². The van der Waals surface area contributed by atoms with Crippen LogP contribution in [-0.2, 0) is 20.4 Å². The van der Waals surface area contributed by atoms with Gasteiger partial charge in [-0.2, -0.15) is 0 Å². The first kappa shape index (κ1) is 37.0. The second-order valence-electron chi connectivity index (χ2n) is 15.2. The van der Waals surface area contributed by atoms with Crippen molar-refractivity contribution in [3.8, 4) is 11.5 Å². The van der Waals surface area contributed by atoms with Crippen LogP contribution in [0.5, 0.6) is 11.5 Å². The van der Waals surface area contributed by atoms with Gasteiger partial charge in [0.2, 0.25) is 0 Å². The number of anilines is 1. The molecule has 1 atom stereocenters. The Morgan fingerprint density at radius 1 is 0.685 bits per heavy atom. The van der Waals surface area contributed by atoms with E-state index < -0.39 is 11.9 Å². The molecule has 0 saturated heterocycles. The molecular weight excluding hydrogens is 667 g/mol. The van der Waals surface area contributed by atoms with E-state index in [1.807, 2.05) is 24.3 Å². The maximum atomic E-state index is 11.8. The number of nitrogens with zero attached hydrogens (tertiary/aromatic N) is 1. The Bertz CT molecular complexity index is 2030. The molecule has 0 amide bonds. The van der Waals surface area contributed by atoms with Crippen LogP contribution >= 0.6 is 0 Å². The zero-order valence-electron chi connectivity index (χ0n) is 31.5. The molecule has 4 aliphatic carbocycles. The third kappa shape index (κ3) is 7.65. The highest BCUT2D eigenvalue weighted by Crippen LogP contribution is 2.49. The molecule has 0 N–H and O–H groups in total. The fourth-order valence-electron chi connectivity index (χ4n) is 9.27. The van der Waals surface area contributed by atoms with Crippen LogP contribution in [0.2, 0.25) is 0 Å². The maximum absolute atomic E-state index is 11.8. The van der Waals surface area contributed by atoms with Crippen molar-refractivity contribution in [2.45, 2.75) is 101 Å². The maximum Gasteiger partial charge on any atom is 0.335 e. The molecule has 0 bridgehead atoms. The minimum absolute atomic E-state index is 0.0158. The molecular formula is C49H51NO4. The van der Waals surface area contributed by atoms with Gasteiger partial charge in [0.1, 0.15) is 11.5 Å². The van der Waals surface area contributed by atoms with Crippen molar-refractivity contribution in [3.05, 3.63) is 168 Å². The molecule has 54 heavy (non-hydrogen) atoms. The standard InChI is InChI=1S/C49H51NO4/c1-4-46(51)53-44-28-18-39(19-29-44)48(32-8-6-9-33-48)37-14-24-42(25-15-37)50(41-22-12-36(3)13-23-41)43-26-16-38(17-27-43)49(34-10-7-11-35-49)40-20-30-45(31-21-40)54-47(52)5-2/h4-5,12,14-16,18-26,28-31,41H,1-2,6-11,17,27,32-35H2,3H3. The number of rotatable bonds is 11. The summed E-state index contributed by atoms with van der Waals surface area (Å²) in [5.41, 5.74) is 12.4. The minimum atomic E-state index is -0.447. The monoisotopic (exact) mass is 717 g/mol. The number of carbonyl (C=O) groups excluding carboxylic acids is 2. The molecule has 5 nitrogen and oxygen atoms in total. The van der Waals surface area contributed by atoms with Gasteiger partial charge in [0.25, 0.3) is 0 Å². The number of esters is 2. The number of ether oxygens (including phenoxy) is 2. The predicted octanol–water partition coefficient (Wildman–Crippen LogP) is 11.5. The highest BCUT2D eigenvalue weighted by atomic mass is 16.5. The normalized spacial score (nSPS) is 20.1. The molecule has 0 spiro atoms. The second-order valence-corrected chi connectivity index (χ2v) is 15.2. The highest BCUT2D eigenvalue weighted by molar-refractivity contribution is 5.83. The summed E-state index contributed by atoms with van der Waals surface area (Å²) in [5.74, 6) is 0.198. The molecule has 0 aromatic heterocycles. The number of allylic oxidation sites excluding steroid dienone is 5. The molecule has 276 valence electrons. The summed E-state index contributed by atoms with van der Waals surface area (Å²) >= 11 is 0. The summed E-state index contributed by atoms with van der Waals surface area (Å²) in [4.78, 5) is 26.1. The van der Waals surface area contributed by atoms with Gasteiger partial charge in [-0.15, -0.1) is 5.73 Å². The van der Waals surface area contributed by atoms with Crippen molar-refractivity contribution < 1.29 is 19.1 Å². The van der Waals surface area contributed by atoms with E-state index in [0.29, 0.717) is 11.5 Å². The van der Waals surface area contributed by atoms with Gasteiger partial charge >= 0.3 is 11.9 Å². The summed E-state index contributed by atoms with van der Waals surface area (Å²) in [6.45, 7) is 9.14. The van der Waals surface area contributed by atoms with E-state index in [1.54, 1.807) is 0 Å². The molecule has 0 radical (unpaired) electrons. The molecule has 2 saturated carbocycles. The largest absolute Gasteiger partial charge is 0.423 e. The fraction of sp³-hybridized carbons (Fsp3) is 0.327. The molecule has 5 heteroatoms. The van der Waals surface area contributed by atoms with Crippen LogP contribution < -0.4 is 14.4 Å². The zero-order chi connectivity index (χ0) is 37.5. The van der Waals surface area contributed by atoms with Gasteiger partial charge in [-0.3, -0.25) is 0 Å². The van der Waals surface area contributed by atoms with Gasteiger partial charge in [-0.1, -0.05) is 112 Å². The van der Waals surface area contributed by atoms with Crippen LogP contribution in [0.15, 0.2) is 151 Å². The topological polar surface area (TPSA) is 55.8 Å². The quantitative estimate of drug-likeness (QED) is 0.0855. The van der Waals surface area contributed by atoms with Crippen LogP contribution in [0, 0.1) is 0 Å². The van der Waals surface area contributed by atoms with Crippen molar-refractivity contribution >= 4 is 17.6 Å². The predicted molar refractivity (Wildman–Crippen MR) is 218 cm³/mol. The van der Waals surface area contributed by atoms with E-state index in [9.17, 15) is 9.59 Å². The minimum Gasteiger partial charge on any atom is -0.423 e. The summed E-state index contributed by atoms with van der Waals surface area (Å²) in [7, 11) is 0. The first-order valence-electron chi connectivity index (χ1n) is 19.6. The average molecular weight is 718 g/mol. The van der Waals surface area contributed by atoms with E-state index >= 15 is 0 Å². The summed E-state index contributed by atoms with van der Waals surface area (Å²) in [6.07, 6.45) is 27.4. The van der Waals surface area contributed by atoms with Crippen molar-refractivity contribution in [3.63, 3.8) is 0 Å². The molecule has 2 fully saturated rings. The first-order valence-corrected chi connectivity index (χ1v) is 19.6. The zero-order valence-corrected chi connectivity index (χ0v) is 31.5. The van der Waals surface area contributed by atoms with Gasteiger partial charge in [0.15, 0.2) is 0 Å². The van der Waals surface area contributed by atoms with Gasteiger partial charge in [0, 0.05) is 34.4 Å². The summed E-state index contributed by atoms with van der Waals surface area (Å²) in [6, 6.07) is 25.6. The van der Waals surface area contributed by atoms with Crippen molar-refractivity contribution in [1.82, 2.24) is 0 Å². The van der Waals surface area contributed by atoms with Crippen LogP contribution in [0.1, 0.15) is 101 Å². The Kier molecular flexibility index (Phi) is 11.2. The molecule has 4 aliphatic rings. The Morgan fingerprint density at radius 2 is 1.19 bits per heavy atom. The number of hydrogen-bond acceptors (Lipinski definition) is 5. The molecule has 0 heterocycles. The summed E-state index contributed by atoms with van der Waals surface area (Å²) in [5, 5.41) is 0. The van der Waals surface area contributed by atoms with Crippen molar-refractivity contribution in [1.29, 1.82) is 0 Å². The lowest BCUT2D eigenvalue weighted by Gasteiger charge is -2.42. The lowest BCUT2D eigenvalue weighted by molar-refractivity contribution is -0.129. The summed E-state index contributed by atoms with van der Waals surface area (Å²) < 4.78 is 10.8. The molecule has 7 rings (SSSR count). The van der Waals surface area contributed by atoms with Gasteiger partial charge in [-0.25, -0.2) is 9.59 Å². The van der Waals surface area contributed by atoms with Crippen LogP contribution in [0.3, 0.4) is 0 Å². The number of hydrogen-bond donors (Lipinski definition) is 0. The van der Waals surface area contributed by atoms with E-state index in [0.717, 1.165) is 44.1 Å². The highest BCUT2D eigenvalue weighted by Gasteiger charge is 2.39. The Labute approximate surface area is 320 Å². The lowest BCUT2D eigenvalue weighted by Crippen LogP contribution is -2.35. The van der Waals surface area contributed by atoms with Gasteiger partial charge in [-0.05, 0) is 116 Å². The fourth-order valence-corrected chi connectivity index (χ4v) is 9.27. The smallest absolute Gasteiger partial charge is 0.335 e. The van der Waals surface area contributed by atoms with Crippen LogP contribution in [0.25, 0.3) is 0 Å². The lowest BCUT2D eigenvalue weighted by atomic mass is 9.63. The molecule has 3 aromatic carbocycles. The molecule has 3 aromatic rings. The van der Waals surface area contributed by atoms with Crippen LogP contribution in [-0.4, -0.2) is 18.0 Å². The van der Waals surface area contributed by atoms with E-state index in [4.69, 9.17) is 9.47 Å². The third-order valence-corrected chi connectivity index (χ3v) is 12.1. The Hall–Kier alpha value is -5.38. The van der Waals surface area contributed by atoms with E-state index in [-0.39, 0.29) is 16.9 Å². The van der Waals surface area contributed by atoms with Crippen LogP contribution in [0.4, 0.5) is 5.69 Å². The van der Waals surface area contributed by atoms with Gasteiger partial charge < -0.3 is 14.4 Å². The average Bonchev–Trinajstić information content (AvgIpc) is 3.23. The molecule has 1 unspecified atom stereocenters. The van der Waals surface area contributed by atoms with Crippen molar-refractivity contribution in [2.24, 2.45) is 0 Å². The Balaban J connectivity index is 1.21. The Morgan fingerprint density at radius 3 is 1.65 bits per heavy atom. The first-order chi connectivity index (χ1) is 26.3. The van der Waals surface area contributed by atoms with Crippen molar-refractivity contribution in [2.75, 3.05) is 4.90 Å². The SMILES string of the molecule is C=CC(=O)Oc1ccc(C2(C3=CC=C(N(c4ccc(C5(c6ccc(OC(=O)C=C)cc6)CCCCC5)cc4)C4C=C=C(C)C=C4)CC3)CCCCC2)cc1. The van der Waals surface area contributed by atoms with E-state index in [1.165, 1.54) is 84.3 Å². The van der Waals surface area contributed by atoms with Gasteiger partial charge in [0.05, 0.1) is 6.04 Å². The molecule has 0 aliphatic heterocycles. The number of benzene rings is 3. The second kappa shape index (κ2) is 16.3.